The number of carbonyl (C=O) groups is 2. The zero-order valence-corrected chi connectivity index (χ0v) is 18.4. The Balaban J connectivity index is 1.32. The fraction of sp³-hybridized carbons (Fsp3) is 0.348. The summed E-state index contributed by atoms with van der Waals surface area (Å²) in [6.45, 7) is 4.83. The third-order valence-corrected chi connectivity index (χ3v) is 6.35. The third kappa shape index (κ3) is 3.70. The second-order valence-electron chi connectivity index (χ2n) is 8.46. The molecule has 2 aromatic heterocycles. The van der Waals surface area contributed by atoms with Crippen molar-refractivity contribution in [3.8, 4) is 0 Å². The van der Waals surface area contributed by atoms with Crippen molar-refractivity contribution in [1.29, 1.82) is 0 Å². The van der Waals surface area contributed by atoms with E-state index in [9.17, 15) is 14.0 Å². The number of piperazine rings is 1. The first-order valence-electron chi connectivity index (χ1n) is 10.8. The molecule has 1 fully saturated rings. The van der Waals surface area contributed by atoms with Crippen LogP contribution >= 0.6 is 0 Å². The molecular formula is C23H24F2N6O2. The molecule has 0 aliphatic carbocycles. The van der Waals surface area contributed by atoms with E-state index in [1.54, 1.807) is 10.6 Å². The van der Waals surface area contributed by atoms with E-state index in [0.717, 1.165) is 16.5 Å². The van der Waals surface area contributed by atoms with Gasteiger partial charge in [0.05, 0.1) is 11.2 Å². The number of aromatic nitrogens is 2. The second kappa shape index (κ2) is 8.11. The van der Waals surface area contributed by atoms with Gasteiger partial charge in [-0.25, -0.2) is 9.37 Å². The number of rotatable bonds is 4. The molecule has 0 unspecified atom stereocenters. The molecule has 33 heavy (non-hydrogen) atoms. The molecule has 0 bridgehead atoms. The summed E-state index contributed by atoms with van der Waals surface area (Å²) in [5.41, 5.74) is 2.87. The zero-order chi connectivity index (χ0) is 23.3. The average Bonchev–Trinajstić information content (AvgIpc) is 3.11. The van der Waals surface area contributed by atoms with Gasteiger partial charge in [0.15, 0.2) is 5.82 Å². The van der Waals surface area contributed by atoms with Crippen LogP contribution in [0.15, 0.2) is 24.4 Å². The van der Waals surface area contributed by atoms with Gasteiger partial charge in [-0.3, -0.25) is 14.5 Å². The fourth-order valence-corrected chi connectivity index (χ4v) is 4.66. The van der Waals surface area contributed by atoms with Crippen LogP contribution in [0.2, 0.25) is 0 Å². The largest absolute Gasteiger partial charge is 0.365 e. The Labute approximate surface area is 189 Å². The lowest BCUT2D eigenvalue weighted by Gasteiger charge is -2.36. The lowest BCUT2D eigenvalue weighted by molar-refractivity contribution is -0.116. The predicted molar refractivity (Wildman–Crippen MR) is 120 cm³/mol. The molecule has 5 rings (SSSR count). The highest BCUT2D eigenvalue weighted by atomic mass is 19.1. The SMILES string of the molecule is CNC(=O)c1ccc(N2CCN(Cc3cc4c(C)cn5c4c(c3F)NC(=O)C5)CC2)c(F)n1. The van der Waals surface area contributed by atoms with E-state index < -0.39 is 17.7 Å². The Morgan fingerprint density at radius 3 is 2.67 bits per heavy atom. The van der Waals surface area contributed by atoms with Gasteiger partial charge in [-0.2, -0.15) is 4.39 Å². The van der Waals surface area contributed by atoms with Crippen LogP contribution in [0.1, 0.15) is 21.6 Å². The predicted octanol–water partition coefficient (Wildman–Crippen LogP) is 2.26. The van der Waals surface area contributed by atoms with Crippen LogP contribution in [-0.2, 0) is 17.9 Å². The maximum Gasteiger partial charge on any atom is 0.269 e. The third-order valence-electron chi connectivity index (χ3n) is 6.35. The Morgan fingerprint density at radius 2 is 1.97 bits per heavy atom. The minimum absolute atomic E-state index is 0.0310. The van der Waals surface area contributed by atoms with Gasteiger partial charge in [0, 0.05) is 56.9 Å². The second-order valence-corrected chi connectivity index (χ2v) is 8.46. The lowest BCUT2D eigenvalue weighted by atomic mass is 10.1. The highest BCUT2D eigenvalue weighted by Crippen LogP contribution is 2.35. The normalized spacial score (nSPS) is 16.2. The van der Waals surface area contributed by atoms with E-state index in [1.807, 2.05) is 24.1 Å². The summed E-state index contributed by atoms with van der Waals surface area (Å²) in [6, 6.07) is 4.94. The van der Waals surface area contributed by atoms with Gasteiger partial charge in [-0.1, -0.05) is 0 Å². The molecule has 3 aromatic rings. The van der Waals surface area contributed by atoms with Crippen molar-refractivity contribution >= 4 is 34.1 Å². The number of aryl methyl sites for hydroxylation is 1. The van der Waals surface area contributed by atoms with Crippen LogP contribution in [0.25, 0.3) is 10.9 Å². The quantitative estimate of drug-likeness (QED) is 0.591. The van der Waals surface area contributed by atoms with Gasteiger partial charge in [0.25, 0.3) is 5.91 Å². The Hall–Kier alpha value is -3.53. The maximum absolute atomic E-state index is 15.3. The van der Waals surface area contributed by atoms with Gasteiger partial charge in [-0.05, 0) is 30.7 Å². The molecule has 1 aromatic carbocycles. The summed E-state index contributed by atoms with van der Waals surface area (Å²) in [5.74, 6) is -1.76. The van der Waals surface area contributed by atoms with E-state index in [2.05, 4.69) is 20.5 Å². The smallest absolute Gasteiger partial charge is 0.269 e. The van der Waals surface area contributed by atoms with Crippen molar-refractivity contribution in [3.05, 3.63) is 53.0 Å². The number of halogens is 2. The number of hydrogen-bond acceptors (Lipinski definition) is 5. The van der Waals surface area contributed by atoms with Crippen LogP contribution in [0.4, 0.5) is 20.2 Å². The lowest BCUT2D eigenvalue weighted by Crippen LogP contribution is -2.46. The molecule has 2 aliphatic rings. The Morgan fingerprint density at radius 1 is 1.21 bits per heavy atom. The first-order chi connectivity index (χ1) is 15.9. The first kappa shape index (κ1) is 21.3. The molecule has 10 heteroatoms. The molecule has 2 aliphatic heterocycles. The minimum atomic E-state index is -0.684. The molecule has 0 radical (unpaired) electrons. The van der Waals surface area contributed by atoms with E-state index in [4.69, 9.17) is 0 Å². The number of carbonyl (C=O) groups excluding carboxylic acids is 2. The van der Waals surface area contributed by atoms with E-state index in [0.29, 0.717) is 44.0 Å². The van der Waals surface area contributed by atoms with Gasteiger partial charge in [-0.15, -0.1) is 0 Å². The summed E-state index contributed by atoms with van der Waals surface area (Å²) < 4.78 is 31.6. The van der Waals surface area contributed by atoms with Crippen molar-refractivity contribution in [2.45, 2.75) is 20.0 Å². The fourth-order valence-electron chi connectivity index (χ4n) is 4.66. The highest BCUT2D eigenvalue weighted by Gasteiger charge is 2.27. The Kier molecular flexibility index (Phi) is 5.24. The molecule has 2 N–H and O–H groups in total. The monoisotopic (exact) mass is 454 g/mol. The summed E-state index contributed by atoms with van der Waals surface area (Å²) in [7, 11) is 1.47. The van der Waals surface area contributed by atoms with Crippen LogP contribution in [0, 0.1) is 18.7 Å². The van der Waals surface area contributed by atoms with Crippen LogP contribution in [-0.4, -0.2) is 59.5 Å². The summed E-state index contributed by atoms with van der Waals surface area (Å²) in [4.78, 5) is 31.4. The topological polar surface area (TPSA) is 82.5 Å². The van der Waals surface area contributed by atoms with Crippen molar-refractivity contribution in [2.75, 3.05) is 43.4 Å². The van der Waals surface area contributed by atoms with Crippen LogP contribution in [0.5, 0.6) is 0 Å². The molecule has 8 nitrogen and oxygen atoms in total. The number of benzene rings is 1. The molecule has 0 atom stereocenters. The van der Waals surface area contributed by atoms with Gasteiger partial charge >= 0.3 is 0 Å². The summed E-state index contributed by atoms with van der Waals surface area (Å²) in [6.07, 6.45) is 1.88. The molecule has 172 valence electrons. The van der Waals surface area contributed by atoms with Gasteiger partial charge in [0.1, 0.15) is 17.9 Å². The maximum atomic E-state index is 15.3. The molecule has 2 amide bonds. The first-order valence-corrected chi connectivity index (χ1v) is 10.8. The number of nitrogens with one attached hydrogen (secondary N) is 2. The zero-order valence-electron chi connectivity index (χ0n) is 18.4. The molecule has 0 saturated carbocycles. The van der Waals surface area contributed by atoms with Gasteiger partial charge < -0.3 is 20.1 Å². The summed E-state index contributed by atoms with van der Waals surface area (Å²) >= 11 is 0. The summed E-state index contributed by atoms with van der Waals surface area (Å²) in [5, 5.41) is 6.06. The molecule has 0 spiro atoms. The van der Waals surface area contributed by atoms with E-state index in [-0.39, 0.29) is 23.8 Å². The average molecular weight is 454 g/mol. The number of nitrogens with zero attached hydrogens (tertiary/aromatic N) is 4. The molecular weight excluding hydrogens is 430 g/mol. The van der Waals surface area contributed by atoms with Crippen molar-refractivity contribution in [2.24, 2.45) is 0 Å². The van der Waals surface area contributed by atoms with E-state index >= 15 is 4.39 Å². The minimum Gasteiger partial charge on any atom is -0.365 e. The van der Waals surface area contributed by atoms with Gasteiger partial charge in [0.2, 0.25) is 11.9 Å². The van der Waals surface area contributed by atoms with Crippen molar-refractivity contribution in [3.63, 3.8) is 0 Å². The number of amides is 2. The number of anilines is 2. The van der Waals surface area contributed by atoms with Crippen LogP contribution in [0.3, 0.4) is 0 Å². The standard InChI is InChI=1S/C23H24F2N6O2/c1-13-10-31-12-18(32)28-20-19(24)14(9-15(13)21(20)31)11-29-5-7-30(8-6-29)17-4-3-16(23(33)26-2)27-22(17)25/h3-4,9-10H,5-8,11-12H2,1-2H3,(H,26,33)(H,28,32). The number of pyridine rings is 1. The number of hydrogen-bond donors (Lipinski definition) is 2. The van der Waals surface area contributed by atoms with Crippen molar-refractivity contribution in [1.82, 2.24) is 19.8 Å². The molecule has 1 saturated heterocycles. The van der Waals surface area contributed by atoms with E-state index in [1.165, 1.54) is 13.1 Å². The van der Waals surface area contributed by atoms with Crippen molar-refractivity contribution < 1.29 is 18.4 Å². The van der Waals surface area contributed by atoms with Crippen LogP contribution < -0.4 is 15.5 Å². The highest BCUT2D eigenvalue weighted by molar-refractivity contribution is 6.06. The Bertz CT molecular complexity index is 1280. The molecule has 4 heterocycles.